The first kappa shape index (κ1) is 43.1. The Morgan fingerprint density at radius 1 is 0.881 bits per heavy atom. The number of nitrogens with two attached hydrogens (primary N) is 3. The maximum Gasteiger partial charge on any atom is 0.245 e. The van der Waals surface area contributed by atoms with Crippen molar-refractivity contribution in [2.45, 2.75) is 81.6 Å². The van der Waals surface area contributed by atoms with Gasteiger partial charge in [-0.2, -0.15) is 0 Å². The Kier molecular flexibility index (Phi) is 14.9. The van der Waals surface area contributed by atoms with Crippen molar-refractivity contribution in [3.8, 4) is 0 Å². The van der Waals surface area contributed by atoms with Crippen LogP contribution in [0.4, 0.5) is 0 Å². The van der Waals surface area contributed by atoms with Gasteiger partial charge in [0.25, 0.3) is 0 Å². The van der Waals surface area contributed by atoms with Gasteiger partial charge in [-0.3, -0.25) is 43.3 Å². The van der Waals surface area contributed by atoms with Crippen LogP contribution in [0.15, 0.2) is 48.0 Å². The Bertz CT molecular complexity index is 2050. The number of amides is 8. The summed E-state index contributed by atoms with van der Waals surface area (Å²) in [6.45, 7) is -0.642. The Balaban J connectivity index is 1.30. The number of primary amides is 1. The van der Waals surface area contributed by atoms with E-state index in [1.807, 2.05) is 24.3 Å². The molecule has 59 heavy (non-hydrogen) atoms. The molecule has 14 N–H and O–H groups in total. The summed E-state index contributed by atoms with van der Waals surface area (Å²) in [6, 6.07) is 2.03. The Morgan fingerprint density at radius 2 is 1.66 bits per heavy atom. The van der Waals surface area contributed by atoms with E-state index in [-0.39, 0.29) is 63.5 Å². The van der Waals surface area contributed by atoms with E-state index >= 15 is 0 Å². The molecule has 2 aromatic heterocycles. The van der Waals surface area contributed by atoms with Crippen LogP contribution in [0.1, 0.15) is 49.8 Å². The minimum atomic E-state index is -1.26. The number of aliphatic imine (C=N–C) groups is 1. The van der Waals surface area contributed by atoms with Crippen molar-refractivity contribution in [2.24, 2.45) is 22.2 Å². The van der Waals surface area contributed by atoms with Crippen LogP contribution in [-0.4, -0.2) is 129 Å². The van der Waals surface area contributed by atoms with Gasteiger partial charge in [0.15, 0.2) is 5.96 Å². The maximum absolute atomic E-state index is 14.0. The monoisotopic (exact) mass is 818 g/mol. The summed E-state index contributed by atoms with van der Waals surface area (Å²) in [5.74, 6) is -5.08. The zero-order chi connectivity index (χ0) is 42.5. The third-order valence-corrected chi connectivity index (χ3v) is 9.93. The third-order valence-electron chi connectivity index (χ3n) is 9.93. The van der Waals surface area contributed by atoms with E-state index in [9.17, 15) is 38.4 Å². The van der Waals surface area contributed by atoms with E-state index in [0.717, 1.165) is 10.9 Å². The summed E-state index contributed by atoms with van der Waals surface area (Å²) in [6.07, 6.45) is 6.15. The Hall–Kier alpha value is -7.00. The summed E-state index contributed by atoms with van der Waals surface area (Å²) < 4.78 is 0. The quantitative estimate of drug-likeness (QED) is 0.0298. The minimum absolute atomic E-state index is 0.0212. The van der Waals surface area contributed by atoms with Crippen LogP contribution in [0.25, 0.3) is 10.9 Å². The Morgan fingerprint density at radius 3 is 2.37 bits per heavy atom. The van der Waals surface area contributed by atoms with Crippen molar-refractivity contribution in [1.82, 2.24) is 51.8 Å². The highest BCUT2D eigenvalue weighted by molar-refractivity contribution is 5.97. The molecule has 2 saturated heterocycles. The number of likely N-dealkylation sites (tertiary alicyclic amines) is 1. The highest BCUT2D eigenvalue weighted by Gasteiger charge is 2.38. The van der Waals surface area contributed by atoms with E-state index in [0.29, 0.717) is 24.1 Å². The first-order chi connectivity index (χ1) is 28.3. The predicted molar refractivity (Wildman–Crippen MR) is 211 cm³/mol. The molecule has 5 atom stereocenters. The van der Waals surface area contributed by atoms with Crippen LogP contribution in [0.5, 0.6) is 0 Å². The predicted octanol–water partition coefficient (Wildman–Crippen LogP) is -3.83. The maximum atomic E-state index is 14.0. The lowest BCUT2D eigenvalue weighted by Gasteiger charge is -2.29. The molecule has 2 fully saturated rings. The summed E-state index contributed by atoms with van der Waals surface area (Å²) in [5.41, 5.74) is 18.0. The molecule has 0 radical (unpaired) electrons. The van der Waals surface area contributed by atoms with Gasteiger partial charge in [-0.25, -0.2) is 4.98 Å². The van der Waals surface area contributed by atoms with Crippen LogP contribution in [0, 0.1) is 0 Å². The number of benzene rings is 1. The molecule has 4 heterocycles. The highest BCUT2D eigenvalue weighted by Crippen LogP contribution is 2.21. The number of H-pyrrole nitrogens is 2. The number of carbonyl (C=O) groups excluding carboxylic acids is 8. The van der Waals surface area contributed by atoms with Crippen molar-refractivity contribution in [2.75, 3.05) is 26.2 Å². The summed E-state index contributed by atoms with van der Waals surface area (Å²) in [7, 11) is 0. The zero-order valence-corrected chi connectivity index (χ0v) is 32.3. The number of aromatic nitrogens is 3. The number of imidazole rings is 1. The van der Waals surface area contributed by atoms with Gasteiger partial charge in [0.2, 0.25) is 47.3 Å². The average molecular weight is 819 g/mol. The van der Waals surface area contributed by atoms with Gasteiger partial charge in [-0.1, -0.05) is 18.2 Å². The fraction of sp³-hybridized carbons (Fsp3) is 0.459. The molecule has 316 valence electrons. The standard InChI is InChI=1S/C37H50N14O8/c38-29(52)17-44-35(58)28-8-4-12-51(28)36(59)25(7-3-11-42-37(39)40)48-31(54)18-45-32(55)26(13-20-15-43-23-6-2-1-5-22(20)23)49-34(57)27(14-21-16-41-19-46-21)50-33(56)24-9-10-30(53)47-24/h1-2,5-6,15-16,19,24-28,43H,3-4,7-14,17-18H2,(H2,38,52)(H,41,46)(H,44,58)(H,45,55)(H,47,53)(H,48,54)(H,49,57)(H,50,56)(H4,39,40,42)/t24-,25-,26-,27-,28-/m0/s1. The first-order valence-corrected chi connectivity index (χ1v) is 19.2. The molecule has 22 heteroatoms. The average Bonchev–Trinajstić information content (AvgIpc) is 4.05. The summed E-state index contributed by atoms with van der Waals surface area (Å²) >= 11 is 0. The molecular formula is C37H50N14O8. The summed E-state index contributed by atoms with van der Waals surface area (Å²) in [5, 5.41) is 16.4. The Labute approximate surface area is 338 Å². The van der Waals surface area contributed by atoms with Gasteiger partial charge in [0.05, 0.1) is 19.4 Å². The van der Waals surface area contributed by atoms with E-state index in [1.165, 1.54) is 17.4 Å². The second kappa shape index (κ2) is 20.4. The zero-order valence-electron chi connectivity index (χ0n) is 32.3. The number of carbonyl (C=O) groups is 8. The van der Waals surface area contributed by atoms with Crippen LogP contribution in [0.2, 0.25) is 0 Å². The number of guanidine groups is 1. The molecule has 0 spiro atoms. The van der Waals surface area contributed by atoms with Crippen molar-refractivity contribution in [3.05, 3.63) is 54.2 Å². The fourth-order valence-corrected chi connectivity index (χ4v) is 7.00. The van der Waals surface area contributed by atoms with Gasteiger partial charge < -0.3 is 64.0 Å². The molecule has 0 aliphatic carbocycles. The molecule has 0 saturated carbocycles. The van der Waals surface area contributed by atoms with Gasteiger partial charge in [0.1, 0.15) is 30.2 Å². The topological polar surface area (TPSA) is 347 Å². The molecule has 0 bridgehead atoms. The van der Waals surface area contributed by atoms with Gasteiger partial charge >= 0.3 is 0 Å². The molecular weight excluding hydrogens is 768 g/mol. The lowest BCUT2D eigenvalue weighted by atomic mass is 10.0. The second-order valence-electron chi connectivity index (χ2n) is 14.3. The van der Waals surface area contributed by atoms with Crippen LogP contribution >= 0.6 is 0 Å². The van der Waals surface area contributed by atoms with E-state index < -0.39 is 84.6 Å². The fourth-order valence-electron chi connectivity index (χ4n) is 7.00. The largest absolute Gasteiger partial charge is 0.370 e. The lowest BCUT2D eigenvalue weighted by molar-refractivity contribution is -0.141. The number of hydrogen-bond donors (Lipinski definition) is 11. The number of fused-ring (bicyclic) bond motifs is 1. The van der Waals surface area contributed by atoms with Crippen LogP contribution in [0.3, 0.4) is 0 Å². The normalized spacial score (nSPS) is 17.6. The van der Waals surface area contributed by atoms with Crippen LogP contribution < -0.4 is 49.1 Å². The van der Waals surface area contributed by atoms with Crippen molar-refractivity contribution in [1.29, 1.82) is 0 Å². The third kappa shape index (κ3) is 12.2. The van der Waals surface area contributed by atoms with Gasteiger partial charge in [-0.15, -0.1) is 0 Å². The highest BCUT2D eigenvalue weighted by atomic mass is 16.2. The van der Waals surface area contributed by atoms with E-state index in [4.69, 9.17) is 17.2 Å². The number of rotatable bonds is 20. The molecule has 1 aromatic carbocycles. The lowest BCUT2D eigenvalue weighted by Crippen LogP contribution is -2.58. The molecule has 0 unspecified atom stereocenters. The molecule has 2 aliphatic heterocycles. The SMILES string of the molecule is NC(=O)CNC(=O)[C@@H]1CCCN1C(=O)[C@H](CCCN=C(N)N)NC(=O)CNC(=O)[C@H](Cc1c[nH]c2ccccc12)NC(=O)[C@H](Cc1cnc[nH]1)NC(=O)[C@@H]1CCC(=O)N1. The molecule has 22 nitrogen and oxygen atoms in total. The molecule has 2 aliphatic rings. The van der Waals surface area contributed by atoms with Crippen LogP contribution in [-0.2, 0) is 51.2 Å². The number of nitrogens with one attached hydrogen (secondary N) is 8. The minimum Gasteiger partial charge on any atom is -0.370 e. The van der Waals surface area contributed by atoms with Gasteiger partial charge in [-0.05, 0) is 43.7 Å². The van der Waals surface area contributed by atoms with Crippen molar-refractivity contribution < 1.29 is 38.4 Å². The molecule has 8 amide bonds. The number of para-hydroxylation sites is 1. The smallest absolute Gasteiger partial charge is 0.245 e. The molecule has 3 aromatic rings. The first-order valence-electron chi connectivity index (χ1n) is 19.2. The molecule has 5 rings (SSSR count). The van der Waals surface area contributed by atoms with E-state index in [2.05, 4.69) is 51.8 Å². The van der Waals surface area contributed by atoms with Crippen molar-refractivity contribution >= 4 is 64.1 Å². The number of nitrogens with zero attached hydrogens (tertiary/aromatic N) is 3. The number of aromatic amines is 2. The van der Waals surface area contributed by atoms with Crippen molar-refractivity contribution in [3.63, 3.8) is 0 Å². The second-order valence-corrected chi connectivity index (χ2v) is 14.3. The van der Waals surface area contributed by atoms with E-state index in [1.54, 1.807) is 6.20 Å². The number of hydrogen-bond acceptors (Lipinski definition) is 10. The van der Waals surface area contributed by atoms with Gasteiger partial charge in [0, 0.05) is 61.3 Å². The summed E-state index contributed by atoms with van der Waals surface area (Å²) in [4.78, 5) is 119.